The van der Waals surface area contributed by atoms with Crippen LogP contribution in [0.25, 0.3) is 0 Å². The highest BCUT2D eigenvalue weighted by Gasteiger charge is 2.22. The average Bonchev–Trinajstić information content (AvgIpc) is 2.63. The van der Waals surface area contributed by atoms with Crippen LogP contribution < -0.4 is 10.1 Å². The molecule has 2 amide bonds. The van der Waals surface area contributed by atoms with E-state index in [1.54, 1.807) is 31.1 Å². The van der Waals surface area contributed by atoms with E-state index in [1.807, 2.05) is 6.92 Å². The quantitative estimate of drug-likeness (QED) is 0.817. The lowest BCUT2D eigenvalue weighted by molar-refractivity contribution is -0.116. The summed E-state index contributed by atoms with van der Waals surface area (Å²) in [6.07, 6.45) is 0.0969. The predicted molar refractivity (Wildman–Crippen MR) is 101 cm³/mol. The first-order valence-corrected chi connectivity index (χ1v) is 9.10. The molecule has 1 fully saturated rings. The van der Waals surface area contributed by atoms with Crippen LogP contribution in [0.4, 0.5) is 10.5 Å². The van der Waals surface area contributed by atoms with E-state index in [0.717, 1.165) is 18.7 Å². The highest BCUT2D eigenvalue weighted by molar-refractivity contribution is 6.31. The van der Waals surface area contributed by atoms with Gasteiger partial charge in [-0.05, 0) is 25.5 Å². The number of amides is 2. The van der Waals surface area contributed by atoms with Gasteiger partial charge >= 0.3 is 6.09 Å². The van der Waals surface area contributed by atoms with Gasteiger partial charge in [0.2, 0.25) is 5.91 Å². The molecule has 1 saturated heterocycles. The molecule has 0 saturated carbocycles. The van der Waals surface area contributed by atoms with Crippen LogP contribution in [-0.2, 0) is 9.53 Å². The van der Waals surface area contributed by atoms with Crippen LogP contribution in [0.5, 0.6) is 5.75 Å². The standard InChI is InChI=1S/C18H26ClN3O4/c1-4-26-18(24)22-9-7-21(8-10-22)6-5-17(23)20-15-11-13(2)14(19)12-16(15)25-3/h11-12H,4-10H2,1-3H3,(H,20,23). The third kappa shape index (κ3) is 5.51. The van der Waals surface area contributed by atoms with Gasteiger partial charge < -0.3 is 19.7 Å². The number of hydrogen-bond acceptors (Lipinski definition) is 5. The van der Waals surface area contributed by atoms with Crippen LogP contribution >= 0.6 is 11.6 Å². The van der Waals surface area contributed by atoms with E-state index in [1.165, 1.54) is 0 Å². The van der Waals surface area contributed by atoms with Crippen molar-refractivity contribution in [2.24, 2.45) is 0 Å². The van der Waals surface area contributed by atoms with Crippen LogP contribution in [0.3, 0.4) is 0 Å². The second-order valence-corrected chi connectivity index (χ2v) is 6.53. The number of nitrogens with one attached hydrogen (secondary N) is 1. The minimum absolute atomic E-state index is 0.0853. The predicted octanol–water partition coefficient (Wildman–Crippen LogP) is 2.76. The van der Waals surface area contributed by atoms with E-state index in [2.05, 4.69) is 10.2 Å². The molecular formula is C18H26ClN3O4. The van der Waals surface area contributed by atoms with Crippen LogP contribution in [0.2, 0.25) is 5.02 Å². The molecule has 1 aromatic rings. The average molecular weight is 384 g/mol. The Morgan fingerprint density at radius 2 is 1.92 bits per heavy atom. The van der Waals surface area contributed by atoms with Crippen molar-refractivity contribution in [2.75, 3.05) is 51.8 Å². The molecule has 0 spiro atoms. The van der Waals surface area contributed by atoms with Gasteiger partial charge in [0.1, 0.15) is 5.75 Å². The summed E-state index contributed by atoms with van der Waals surface area (Å²) in [4.78, 5) is 27.8. The molecule has 1 aliphatic heterocycles. The number of rotatable bonds is 6. The maximum absolute atomic E-state index is 12.3. The van der Waals surface area contributed by atoms with Crippen molar-refractivity contribution in [1.82, 2.24) is 9.80 Å². The Morgan fingerprint density at radius 3 is 2.54 bits per heavy atom. The first-order chi connectivity index (χ1) is 12.4. The summed E-state index contributed by atoms with van der Waals surface area (Å²) in [5, 5.41) is 3.48. The Labute approximate surface area is 159 Å². The first kappa shape index (κ1) is 20.3. The number of carbonyl (C=O) groups is 2. The number of ether oxygens (including phenoxy) is 2. The zero-order valence-electron chi connectivity index (χ0n) is 15.5. The van der Waals surface area contributed by atoms with E-state index in [4.69, 9.17) is 21.1 Å². The van der Waals surface area contributed by atoms with Crippen molar-refractivity contribution in [2.45, 2.75) is 20.3 Å². The number of anilines is 1. The molecule has 8 heteroatoms. The Morgan fingerprint density at radius 1 is 1.23 bits per heavy atom. The molecule has 0 aliphatic carbocycles. The summed E-state index contributed by atoms with van der Waals surface area (Å²) < 4.78 is 10.3. The molecule has 0 radical (unpaired) electrons. The molecule has 26 heavy (non-hydrogen) atoms. The number of methoxy groups -OCH3 is 1. The van der Waals surface area contributed by atoms with Gasteiger partial charge in [-0.1, -0.05) is 11.6 Å². The summed E-state index contributed by atoms with van der Waals surface area (Å²) in [7, 11) is 1.54. The molecule has 2 rings (SSSR count). The third-order valence-electron chi connectivity index (χ3n) is 4.31. The zero-order valence-corrected chi connectivity index (χ0v) is 16.3. The number of benzene rings is 1. The lowest BCUT2D eigenvalue weighted by Crippen LogP contribution is -2.49. The number of carbonyl (C=O) groups excluding carboxylic acids is 2. The number of nitrogens with zero attached hydrogens (tertiary/aromatic N) is 2. The van der Waals surface area contributed by atoms with E-state index in [9.17, 15) is 9.59 Å². The summed E-state index contributed by atoms with van der Waals surface area (Å²) in [6.45, 7) is 7.38. The van der Waals surface area contributed by atoms with Crippen molar-refractivity contribution in [3.05, 3.63) is 22.7 Å². The highest BCUT2D eigenvalue weighted by Crippen LogP contribution is 2.31. The van der Waals surface area contributed by atoms with Crippen LogP contribution in [-0.4, -0.2) is 68.2 Å². The van der Waals surface area contributed by atoms with Crippen molar-refractivity contribution in [1.29, 1.82) is 0 Å². The van der Waals surface area contributed by atoms with Gasteiger partial charge in [0.05, 0.1) is 19.4 Å². The zero-order chi connectivity index (χ0) is 19.1. The van der Waals surface area contributed by atoms with Crippen LogP contribution in [0.1, 0.15) is 18.9 Å². The second kappa shape index (κ2) is 9.64. The fourth-order valence-corrected chi connectivity index (χ4v) is 2.92. The third-order valence-corrected chi connectivity index (χ3v) is 4.72. The number of piperazine rings is 1. The fraction of sp³-hybridized carbons (Fsp3) is 0.556. The summed E-state index contributed by atoms with van der Waals surface area (Å²) in [5.74, 6) is 0.454. The van der Waals surface area contributed by atoms with E-state index in [0.29, 0.717) is 49.1 Å². The SMILES string of the molecule is CCOC(=O)N1CCN(CCC(=O)Nc2cc(C)c(Cl)cc2OC)CC1. The minimum atomic E-state index is -0.268. The van der Waals surface area contributed by atoms with E-state index < -0.39 is 0 Å². The Hall–Kier alpha value is -1.99. The van der Waals surface area contributed by atoms with Crippen molar-refractivity contribution in [3.8, 4) is 5.75 Å². The molecule has 0 aromatic heterocycles. The molecule has 1 heterocycles. The highest BCUT2D eigenvalue weighted by atomic mass is 35.5. The second-order valence-electron chi connectivity index (χ2n) is 6.13. The van der Waals surface area contributed by atoms with Gasteiger partial charge in [-0.25, -0.2) is 4.79 Å². The lowest BCUT2D eigenvalue weighted by atomic mass is 10.2. The molecule has 0 bridgehead atoms. The van der Waals surface area contributed by atoms with E-state index >= 15 is 0 Å². The maximum Gasteiger partial charge on any atom is 0.409 e. The Kier molecular flexibility index (Phi) is 7.53. The smallest absolute Gasteiger partial charge is 0.409 e. The van der Waals surface area contributed by atoms with Crippen LogP contribution in [0.15, 0.2) is 12.1 Å². The van der Waals surface area contributed by atoms with Crippen LogP contribution in [0, 0.1) is 6.92 Å². The number of aryl methyl sites for hydroxylation is 1. The normalized spacial score (nSPS) is 14.8. The fourth-order valence-electron chi connectivity index (χ4n) is 2.77. The van der Waals surface area contributed by atoms with Crippen molar-refractivity contribution < 1.29 is 19.1 Å². The maximum atomic E-state index is 12.3. The lowest BCUT2D eigenvalue weighted by Gasteiger charge is -2.33. The molecule has 0 atom stereocenters. The Balaban J connectivity index is 1.80. The van der Waals surface area contributed by atoms with Gasteiger partial charge in [-0.2, -0.15) is 0 Å². The largest absolute Gasteiger partial charge is 0.495 e. The number of halogens is 1. The van der Waals surface area contributed by atoms with Gasteiger partial charge in [0, 0.05) is 50.2 Å². The molecular weight excluding hydrogens is 358 g/mol. The molecule has 1 aromatic carbocycles. The summed E-state index contributed by atoms with van der Waals surface area (Å²) in [5.41, 5.74) is 1.49. The van der Waals surface area contributed by atoms with Gasteiger partial charge in [-0.15, -0.1) is 0 Å². The van der Waals surface area contributed by atoms with Gasteiger partial charge in [0.15, 0.2) is 0 Å². The molecule has 0 unspecified atom stereocenters. The Bertz CT molecular complexity index is 646. The minimum Gasteiger partial charge on any atom is -0.495 e. The summed E-state index contributed by atoms with van der Waals surface area (Å²) in [6, 6.07) is 3.50. The van der Waals surface area contributed by atoms with Crippen molar-refractivity contribution >= 4 is 29.3 Å². The van der Waals surface area contributed by atoms with Gasteiger partial charge in [0.25, 0.3) is 0 Å². The molecule has 7 nitrogen and oxygen atoms in total. The first-order valence-electron chi connectivity index (χ1n) is 8.72. The molecule has 1 aliphatic rings. The van der Waals surface area contributed by atoms with E-state index in [-0.39, 0.29) is 12.0 Å². The molecule has 1 N–H and O–H groups in total. The van der Waals surface area contributed by atoms with Crippen molar-refractivity contribution in [3.63, 3.8) is 0 Å². The monoisotopic (exact) mass is 383 g/mol. The topological polar surface area (TPSA) is 71.1 Å². The molecule has 144 valence electrons. The number of hydrogen-bond donors (Lipinski definition) is 1. The van der Waals surface area contributed by atoms with Gasteiger partial charge in [-0.3, -0.25) is 9.69 Å². The summed E-state index contributed by atoms with van der Waals surface area (Å²) >= 11 is 6.08.